The molecule has 0 bridgehead atoms. The number of hydrogen-bond acceptors (Lipinski definition) is 3. The number of carbonyl (C=O) groups excluding carboxylic acids is 2. The molecular formula is C18H17ClN2O2. The molecule has 0 radical (unpaired) electrons. The molecule has 1 heterocycles. The minimum Gasteiger partial charge on any atom is -0.305 e. The van der Waals surface area contributed by atoms with E-state index in [2.05, 4.69) is 5.32 Å². The number of anilines is 1. The Morgan fingerprint density at radius 2 is 1.87 bits per heavy atom. The van der Waals surface area contributed by atoms with E-state index in [1.165, 1.54) is 10.5 Å². The second-order valence-corrected chi connectivity index (χ2v) is 5.93. The summed E-state index contributed by atoms with van der Waals surface area (Å²) in [5.74, 6) is -0.417. The van der Waals surface area contributed by atoms with Crippen LogP contribution in [0.15, 0.2) is 54.6 Å². The number of amides is 2. The first kappa shape index (κ1) is 15.7. The van der Waals surface area contributed by atoms with E-state index in [1.54, 1.807) is 24.3 Å². The van der Waals surface area contributed by atoms with Crippen LogP contribution in [0.4, 0.5) is 5.69 Å². The third-order valence-corrected chi connectivity index (χ3v) is 4.10. The standard InChI is InChI=1S/C18H17ClN2O2/c19-14-7-4-8-15(11-14)21-17(22)12-16(18(21)23)20-10-9-13-5-2-1-3-6-13/h1-8,11,16,20H,9-10,12H2/t16-/m1/s1. The van der Waals surface area contributed by atoms with Crippen molar-refractivity contribution in [3.8, 4) is 0 Å². The van der Waals surface area contributed by atoms with E-state index >= 15 is 0 Å². The molecule has 1 aliphatic rings. The highest BCUT2D eigenvalue weighted by molar-refractivity contribution is 6.31. The molecule has 0 aromatic heterocycles. The van der Waals surface area contributed by atoms with Crippen molar-refractivity contribution in [2.24, 2.45) is 0 Å². The summed E-state index contributed by atoms with van der Waals surface area (Å²) < 4.78 is 0. The van der Waals surface area contributed by atoms with E-state index in [4.69, 9.17) is 11.6 Å². The highest BCUT2D eigenvalue weighted by Crippen LogP contribution is 2.25. The first-order chi connectivity index (χ1) is 11.1. The van der Waals surface area contributed by atoms with Gasteiger partial charge in [-0.1, -0.05) is 48.0 Å². The molecule has 1 aliphatic heterocycles. The van der Waals surface area contributed by atoms with Gasteiger partial charge in [0, 0.05) is 5.02 Å². The Morgan fingerprint density at radius 3 is 2.61 bits per heavy atom. The maximum atomic E-state index is 12.5. The molecule has 23 heavy (non-hydrogen) atoms. The lowest BCUT2D eigenvalue weighted by Crippen LogP contribution is -2.39. The molecule has 0 unspecified atom stereocenters. The Morgan fingerprint density at radius 1 is 1.09 bits per heavy atom. The molecule has 0 aliphatic carbocycles. The molecule has 1 fully saturated rings. The molecule has 1 atom stereocenters. The van der Waals surface area contributed by atoms with Gasteiger partial charge in [-0.25, -0.2) is 4.90 Å². The van der Waals surface area contributed by atoms with Crippen molar-refractivity contribution in [2.75, 3.05) is 11.4 Å². The van der Waals surface area contributed by atoms with Gasteiger partial charge in [0.05, 0.1) is 18.2 Å². The van der Waals surface area contributed by atoms with Crippen molar-refractivity contribution >= 4 is 29.1 Å². The van der Waals surface area contributed by atoms with E-state index in [0.29, 0.717) is 17.3 Å². The Bertz CT molecular complexity index is 718. The van der Waals surface area contributed by atoms with Gasteiger partial charge in [0.1, 0.15) is 0 Å². The lowest BCUT2D eigenvalue weighted by atomic mass is 10.1. The van der Waals surface area contributed by atoms with Crippen molar-refractivity contribution in [2.45, 2.75) is 18.9 Å². The van der Waals surface area contributed by atoms with Gasteiger partial charge in [0.15, 0.2) is 0 Å². The predicted octanol–water partition coefficient (Wildman–Crippen LogP) is 2.80. The molecule has 1 N–H and O–H groups in total. The fourth-order valence-corrected chi connectivity index (χ4v) is 2.90. The van der Waals surface area contributed by atoms with Crippen molar-refractivity contribution in [1.29, 1.82) is 0 Å². The SMILES string of the molecule is O=C1C[C@@H](NCCc2ccccc2)C(=O)N1c1cccc(Cl)c1. The Kier molecular flexibility index (Phi) is 4.74. The third kappa shape index (κ3) is 3.60. The molecule has 4 nitrogen and oxygen atoms in total. The van der Waals surface area contributed by atoms with Gasteiger partial charge in [0.25, 0.3) is 5.91 Å². The molecule has 5 heteroatoms. The van der Waals surface area contributed by atoms with Crippen LogP contribution in [0, 0.1) is 0 Å². The van der Waals surface area contributed by atoms with Gasteiger partial charge < -0.3 is 5.32 Å². The molecule has 0 saturated carbocycles. The number of hydrogen-bond donors (Lipinski definition) is 1. The van der Waals surface area contributed by atoms with Crippen molar-refractivity contribution in [1.82, 2.24) is 5.32 Å². The van der Waals surface area contributed by atoms with Crippen LogP contribution in [0.25, 0.3) is 0 Å². The molecule has 0 spiro atoms. The quantitative estimate of drug-likeness (QED) is 0.859. The zero-order valence-corrected chi connectivity index (χ0v) is 13.3. The molecule has 2 aromatic rings. The minimum atomic E-state index is -0.467. The second kappa shape index (κ2) is 6.94. The van der Waals surface area contributed by atoms with Gasteiger partial charge in [-0.15, -0.1) is 0 Å². The maximum absolute atomic E-state index is 12.5. The number of carbonyl (C=O) groups is 2. The molecule has 118 valence electrons. The second-order valence-electron chi connectivity index (χ2n) is 5.49. The number of nitrogens with zero attached hydrogens (tertiary/aromatic N) is 1. The van der Waals surface area contributed by atoms with Gasteiger partial charge in [-0.05, 0) is 36.7 Å². The maximum Gasteiger partial charge on any atom is 0.251 e. The summed E-state index contributed by atoms with van der Waals surface area (Å²) in [6.45, 7) is 0.650. The number of rotatable bonds is 5. The summed E-state index contributed by atoms with van der Waals surface area (Å²) in [7, 11) is 0. The first-order valence-electron chi connectivity index (χ1n) is 7.55. The highest BCUT2D eigenvalue weighted by atomic mass is 35.5. The summed E-state index contributed by atoms with van der Waals surface area (Å²) in [5.41, 5.74) is 1.73. The average Bonchev–Trinajstić information content (AvgIpc) is 2.82. The van der Waals surface area contributed by atoms with E-state index in [0.717, 1.165) is 6.42 Å². The van der Waals surface area contributed by atoms with Crippen LogP contribution in [0.1, 0.15) is 12.0 Å². The molecule has 1 saturated heterocycles. The van der Waals surface area contributed by atoms with Crippen molar-refractivity contribution in [3.63, 3.8) is 0 Å². The number of nitrogens with one attached hydrogen (secondary N) is 1. The van der Waals surface area contributed by atoms with Gasteiger partial charge >= 0.3 is 0 Å². The average molecular weight is 329 g/mol. The van der Waals surface area contributed by atoms with E-state index < -0.39 is 6.04 Å². The summed E-state index contributed by atoms with van der Waals surface area (Å²) in [6.07, 6.45) is 0.996. The smallest absolute Gasteiger partial charge is 0.251 e. The van der Waals surface area contributed by atoms with E-state index in [9.17, 15) is 9.59 Å². The molecule has 3 rings (SSSR count). The fraction of sp³-hybridized carbons (Fsp3) is 0.222. The molecular weight excluding hydrogens is 312 g/mol. The topological polar surface area (TPSA) is 49.4 Å². The summed E-state index contributed by atoms with van der Waals surface area (Å²) in [5, 5.41) is 3.68. The summed E-state index contributed by atoms with van der Waals surface area (Å²) >= 11 is 5.94. The summed E-state index contributed by atoms with van der Waals surface area (Å²) in [4.78, 5) is 25.8. The van der Waals surface area contributed by atoms with Crippen LogP contribution >= 0.6 is 11.6 Å². The summed E-state index contributed by atoms with van der Waals surface area (Å²) in [6, 6.07) is 16.4. The van der Waals surface area contributed by atoms with Crippen LogP contribution in [-0.2, 0) is 16.0 Å². The van der Waals surface area contributed by atoms with Crippen LogP contribution in [-0.4, -0.2) is 24.4 Å². The highest BCUT2D eigenvalue weighted by Gasteiger charge is 2.39. The Balaban J connectivity index is 1.62. The predicted molar refractivity (Wildman–Crippen MR) is 90.5 cm³/mol. The van der Waals surface area contributed by atoms with Crippen LogP contribution in [0.5, 0.6) is 0 Å². The number of halogens is 1. The van der Waals surface area contributed by atoms with Crippen LogP contribution in [0.3, 0.4) is 0 Å². The van der Waals surface area contributed by atoms with Crippen molar-refractivity contribution in [3.05, 3.63) is 65.2 Å². The first-order valence-corrected chi connectivity index (χ1v) is 7.92. The molecule has 2 amide bonds. The normalized spacial score (nSPS) is 17.8. The van der Waals surface area contributed by atoms with Gasteiger partial charge in [-0.2, -0.15) is 0 Å². The van der Waals surface area contributed by atoms with Crippen LogP contribution in [0.2, 0.25) is 5.02 Å². The van der Waals surface area contributed by atoms with Gasteiger partial charge in [-0.3, -0.25) is 9.59 Å². The number of benzene rings is 2. The lowest BCUT2D eigenvalue weighted by Gasteiger charge is -2.15. The Hall–Kier alpha value is -2.17. The largest absolute Gasteiger partial charge is 0.305 e. The van der Waals surface area contributed by atoms with Crippen LogP contribution < -0.4 is 10.2 Å². The monoisotopic (exact) mass is 328 g/mol. The van der Waals surface area contributed by atoms with Crippen molar-refractivity contribution < 1.29 is 9.59 Å². The van der Waals surface area contributed by atoms with E-state index in [1.807, 2.05) is 30.3 Å². The number of imide groups is 1. The Labute approximate surface area is 140 Å². The van der Waals surface area contributed by atoms with Gasteiger partial charge in [0.2, 0.25) is 5.91 Å². The zero-order valence-electron chi connectivity index (χ0n) is 12.5. The molecule has 2 aromatic carbocycles. The zero-order chi connectivity index (χ0) is 16.2. The third-order valence-electron chi connectivity index (χ3n) is 3.86. The van der Waals surface area contributed by atoms with E-state index in [-0.39, 0.29) is 18.2 Å². The lowest BCUT2D eigenvalue weighted by molar-refractivity contribution is -0.121. The fourth-order valence-electron chi connectivity index (χ4n) is 2.71. The minimum absolute atomic E-state index is 0.181.